The summed E-state index contributed by atoms with van der Waals surface area (Å²) in [7, 11) is -3.76. The van der Waals surface area contributed by atoms with Crippen LogP contribution in [0.15, 0.2) is 65.7 Å². The number of anilines is 2. The minimum Gasteiger partial charge on any atom is -0.378 e. The second kappa shape index (κ2) is 9.31. The predicted molar refractivity (Wildman–Crippen MR) is 130 cm³/mol. The van der Waals surface area contributed by atoms with Crippen LogP contribution in [0.2, 0.25) is 0 Å². The molecule has 3 aromatic carbocycles. The number of carbonyl (C=O) groups excluding carboxylic acids is 1. The van der Waals surface area contributed by atoms with Crippen molar-refractivity contribution in [2.24, 2.45) is 5.14 Å². The van der Waals surface area contributed by atoms with Gasteiger partial charge >= 0.3 is 0 Å². The zero-order valence-corrected chi connectivity index (χ0v) is 19.4. The molecule has 0 atom stereocenters. The van der Waals surface area contributed by atoms with Crippen molar-refractivity contribution in [2.75, 3.05) is 31.6 Å². The van der Waals surface area contributed by atoms with Crippen molar-refractivity contribution in [3.05, 3.63) is 78.5 Å². The van der Waals surface area contributed by atoms with Gasteiger partial charge in [0.2, 0.25) is 16.0 Å². The topological polar surface area (TPSA) is 128 Å². The molecule has 176 valence electrons. The highest BCUT2D eigenvalue weighted by Crippen LogP contribution is 2.23. The highest BCUT2D eigenvalue weighted by molar-refractivity contribution is 7.89. The zero-order chi connectivity index (χ0) is 24.4. The predicted octanol–water partition coefficient (Wildman–Crippen LogP) is 2.76. The minimum atomic E-state index is -3.76. The molecule has 1 saturated heterocycles. The van der Waals surface area contributed by atoms with Crippen molar-refractivity contribution in [2.45, 2.75) is 4.90 Å². The number of sulfonamides is 1. The van der Waals surface area contributed by atoms with E-state index in [2.05, 4.69) is 27.4 Å². The van der Waals surface area contributed by atoms with Crippen LogP contribution in [0.25, 0.3) is 22.0 Å². The van der Waals surface area contributed by atoms with E-state index in [1.54, 1.807) is 23.2 Å². The van der Waals surface area contributed by atoms with Crippen molar-refractivity contribution in [3.8, 4) is 11.1 Å². The number of rotatable bonds is 5. The number of amides is 1. The van der Waals surface area contributed by atoms with Gasteiger partial charge in [-0.25, -0.2) is 23.5 Å². The molecule has 1 aliphatic rings. The Morgan fingerprint density at radius 2 is 1.74 bits per heavy atom. The molecular formula is C25H21N5O4S. The standard InChI is InChI=1S/C25H21N5O4S/c26-35(32,33)22-9-7-21(8-10-22)28-25-27-16-20-6-5-19(15-23(20)29-25)17-1-3-18(4-2-17)24(31)30-11-13-34-14-12-30/h1-4,7-10,15-16H,11-14H2,(H2,26,32,33)(H,27,28,29). The van der Waals surface area contributed by atoms with Gasteiger partial charge in [-0.2, -0.15) is 0 Å². The fraction of sp³-hybridized carbons (Fsp3) is 0.160. The van der Waals surface area contributed by atoms with E-state index in [9.17, 15) is 13.2 Å². The fourth-order valence-electron chi connectivity index (χ4n) is 3.72. The second-order valence-electron chi connectivity index (χ2n) is 7.98. The number of benzene rings is 2. The monoisotopic (exact) mass is 487 g/mol. The average molecular weight is 488 g/mol. The molecule has 3 N–H and O–H groups in total. The van der Waals surface area contributed by atoms with Gasteiger partial charge in [0, 0.05) is 36.1 Å². The molecule has 10 heteroatoms. The van der Waals surface area contributed by atoms with Crippen LogP contribution in [-0.2, 0) is 14.8 Å². The maximum absolute atomic E-state index is 12.7. The van der Waals surface area contributed by atoms with Gasteiger partial charge in [-0.1, -0.05) is 24.3 Å². The van der Waals surface area contributed by atoms with Crippen molar-refractivity contribution in [1.82, 2.24) is 14.9 Å². The minimum absolute atomic E-state index is 0.00513. The maximum Gasteiger partial charge on any atom is 0.254 e. The summed E-state index contributed by atoms with van der Waals surface area (Å²) in [4.78, 5) is 23.3. The number of primary sulfonamides is 1. The van der Waals surface area contributed by atoms with E-state index < -0.39 is 10.0 Å². The molecule has 4 aromatic rings. The fourth-order valence-corrected chi connectivity index (χ4v) is 4.24. The van der Waals surface area contributed by atoms with Gasteiger partial charge < -0.3 is 15.0 Å². The third-order valence-corrected chi connectivity index (χ3v) is 6.54. The van der Waals surface area contributed by atoms with Gasteiger partial charge in [-0.15, -0.1) is 0 Å². The molecule has 9 nitrogen and oxygen atoms in total. The highest BCUT2D eigenvalue weighted by atomic mass is 32.2. The van der Waals surface area contributed by atoms with Crippen molar-refractivity contribution < 1.29 is 17.9 Å². The zero-order valence-electron chi connectivity index (χ0n) is 18.6. The first-order chi connectivity index (χ1) is 16.9. The quantitative estimate of drug-likeness (QED) is 0.443. The van der Waals surface area contributed by atoms with Crippen molar-refractivity contribution >= 4 is 38.5 Å². The van der Waals surface area contributed by atoms with Crippen LogP contribution in [0.4, 0.5) is 11.6 Å². The summed E-state index contributed by atoms with van der Waals surface area (Å²) in [6, 6.07) is 21.4. The molecule has 0 aliphatic carbocycles. The smallest absolute Gasteiger partial charge is 0.254 e. The molecule has 0 spiro atoms. The number of nitrogens with one attached hydrogen (secondary N) is 1. The Bertz CT molecular complexity index is 1480. The van der Waals surface area contributed by atoms with E-state index in [4.69, 9.17) is 9.88 Å². The Morgan fingerprint density at radius 3 is 2.43 bits per heavy atom. The number of fused-ring (bicyclic) bond motifs is 1. The Labute approximate surface area is 202 Å². The molecule has 0 saturated carbocycles. The van der Waals surface area contributed by atoms with E-state index in [-0.39, 0.29) is 10.8 Å². The molecular weight excluding hydrogens is 466 g/mol. The first-order valence-electron chi connectivity index (χ1n) is 10.8. The normalized spacial score (nSPS) is 13.9. The molecule has 1 amide bonds. The van der Waals surface area contributed by atoms with Crippen LogP contribution in [-0.4, -0.2) is 55.5 Å². The van der Waals surface area contributed by atoms with Gasteiger partial charge in [-0.3, -0.25) is 4.79 Å². The number of nitrogens with zero attached hydrogens (tertiary/aromatic N) is 3. The molecule has 5 rings (SSSR count). The number of morpholine rings is 1. The maximum atomic E-state index is 12.7. The molecule has 1 aromatic heterocycles. The molecule has 35 heavy (non-hydrogen) atoms. The lowest BCUT2D eigenvalue weighted by Gasteiger charge is -2.26. The summed E-state index contributed by atoms with van der Waals surface area (Å²) in [5, 5.41) is 8.89. The summed E-state index contributed by atoms with van der Waals surface area (Å²) < 4.78 is 28.2. The molecule has 1 aliphatic heterocycles. The average Bonchev–Trinajstić information content (AvgIpc) is 2.88. The summed E-state index contributed by atoms with van der Waals surface area (Å²) in [6.45, 7) is 2.32. The number of hydrogen-bond donors (Lipinski definition) is 2. The summed E-state index contributed by atoms with van der Waals surface area (Å²) in [6.07, 6.45) is 1.63. The molecule has 0 radical (unpaired) electrons. The second-order valence-corrected chi connectivity index (χ2v) is 9.54. The number of carbonyl (C=O) groups is 1. The van der Waals surface area contributed by atoms with E-state index in [0.717, 1.165) is 11.1 Å². The summed E-state index contributed by atoms with van der Waals surface area (Å²) in [5.41, 5.74) is 3.57. The van der Waals surface area contributed by atoms with Crippen LogP contribution < -0.4 is 10.5 Å². The van der Waals surface area contributed by atoms with Gasteiger partial charge in [-0.05, 0) is 48.0 Å². The van der Waals surface area contributed by atoms with Crippen LogP contribution >= 0.6 is 0 Å². The van der Waals surface area contributed by atoms with E-state index >= 15 is 0 Å². The van der Waals surface area contributed by atoms with Gasteiger partial charge in [0.25, 0.3) is 5.91 Å². The van der Waals surface area contributed by atoms with Crippen molar-refractivity contribution in [1.29, 1.82) is 0 Å². The number of aromatic nitrogens is 2. The third kappa shape index (κ3) is 5.07. The van der Waals surface area contributed by atoms with Crippen LogP contribution in [0, 0.1) is 12.1 Å². The Kier molecular flexibility index (Phi) is 6.05. The number of nitrogens with two attached hydrogens (primary N) is 1. The lowest BCUT2D eigenvalue weighted by molar-refractivity contribution is 0.0303. The molecule has 0 unspecified atom stereocenters. The first kappa shape index (κ1) is 22.7. The third-order valence-electron chi connectivity index (χ3n) is 5.61. The van der Waals surface area contributed by atoms with Gasteiger partial charge in [0.15, 0.2) is 0 Å². The van der Waals surface area contributed by atoms with E-state index in [1.165, 1.54) is 12.1 Å². The summed E-state index contributed by atoms with van der Waals surface area (Å²) >= 11 is 0. The Morgan fingerprint density at radius 1 is 1.03 bits per heavy atom. The highest BCUT2D eigenvalue weighted by Gasteiger charge is 2.18. The van der Waals surface area contributed by atoms with Crippen LogP contribution in [0.1, 0.15) is 10.4 Å². The van der Waals surface area contributed by atoms with Crippen LogP contribution in [0.3, 0.4) is 0 Å². The van der Waals surface area contributed by atoms with E-state index in [0.29, 0.717) is 54.4 Å². The lowest BCUT2D eigenvalue weighted by Crippen LogP contribution is -2.40. The number of hydrogen-bond acceptors (Lipinski definition) is 7. The first-order valence-corrected chi connectivity index (χ1v) is 12.4. The molecule has 2 heterocycles. The SMILES string of the molecule is NS(=O)(=O)c1ccc(Nc2ncc3c#cc(-c4ccc(C(=O)N5CCOCC5)cc4)cc3n2)cc1. The van der Waals surface area contributed by atoms with Crippen molar-refractivity contribution in [3.63, 3.8) is 0 Å². The molecule has 1 fully saturated rings. The summed E-state index contributed by atoms with van der Waals surface area (Å²) in [5.74, 6) is 0.340. The molecule has 0 bridgehead atoms. The van der Waals surface area contributed by atoms with Gasteiger partial charge in [0.1, 0.15) is 0 Å². The Balaban J connectivity index is 1.35. The number of ether oxygens (including phenoxy) is 1. The van der Waals surface area contributed by atoms with Crippen LogP contribution in [0.5, 0.6) is 0 Å². The van der Waals surface area contributed by atoms with E-state index in [1.807, 2.05) is 30.3 Å². The lowest BCUT2D eigenvalue weighted by atomic mass is 10.0. The largest absolute Gasteiger partial charge is 0.378 e. The van der Waals surface area contributed by atoms with Gasteiger partial charge in [0.05, 0.1) is 29.0 Å². The Hall–Kier alpha value is -4.04.